The zero-order valence-electron chi connectivity index (χ0n) is 13.7. The van der Waals surface area contributed by atoms with Crippen LogP contribution in [-0.4, -0.2) is 37.1 Å². The Bertz CT molecular complexity index is 924. The second-order valence-corrected chi connectivity index (χ2v) is 6.09. The van der Waals surface area contributed by atoms with Gasteiger partial charge in [-0.3, -0.25) is 10.1 Å². The summed E-state index contributed by atoms with van der Waals surface area (Å²) in [5.41, 5.74) is 1.87. The average molecular weight is 361 g/mol. The van der Waals surface area contributed by atoms with E-state index in [-0.39, 0.29) is 12.0 Å². The minimum atomic E-state index is -0.651. The molecule has 0 atom stereocenters. The third-order valence-corrected chi connectivity index (χ3v) is 3.70. The van der Waals surface area contributed by atoms with Crippen LogP contribution in [0.3, 0.4) is 0 Å². The van der Waals surface area contributed by atoms with Crippen molar-refractivity contribution in [3.63, 3.8) is 0 Å². The fourth-order valence-corrected chi connectivity index (χ4v) is 2.49. The Morgan fingerprint density at radius 2 is 2.16 bits per heavy atom. The lowest BCUT2D eigenvalue weighted by Gasteiger charge is -2.11. The molecule has 3 N–H and O–H groups in total. The molecule has 0 spiro atoms. The van der Waals surface area contributed by atoms with Gasteiger partial charge in [0.1, 0.15) is 6.61 Å². The highest BCUT2D eigenvalue weighted by Gasteiger charge is 2.16. The maximum absolute atomic E-state index is 11.5. The summed E-state index contributed by atoms with van der Waals surface area (Å²) in [5.74, 6) is -0.0814. The second kappa shape index (κ2) is 7.04. The minimum absolute atomic E-state index is 0.0819. The summed E-state index contributed by atoms with van der Waals surface area (Å²) in [6.07, 6.45) is 1.67. The molecule has 0 fully saturated rings. The van der Waals surface area contributed by atoms with Gasteiger partial charge in [-0.2, -0.15) is 9.97 Å². The van der Waals surface area contributed by atoms with Crippen molar-refractivity contribution in [3.8, 4) is 0 Å². The number of carbonyl (C=O) groups excluding carboxylic acids is 1. The summed E-state index contributed by atoms with van der Waals surface area (Å²) in [5, 5.41) is 15.1. The van der Waals surface area contributed by atoms with E-state index in [2.05, 4.69) is 25.6 Å². The van der Waals surface area contributed by atoms with Crippen LogP contribution in [0.25, 0.3) is 11.2 Å². The number of aromatic nitrogens is 4. The smallest absolute Gasteiger partial charge is 0.252 e. The lowest BCUT2D eigenvalue weighted by molar-refractivity contribution is -0.118. The lowest BCUT2D eigenvalue weighted by atomic mass is 10.3. The topological polar surface area (TPSA) is 105 Å². The number of carbonyl (C=O) groups is 1. The summed E-state index contributed by atoms with van der Waals surface area (Å²) in [6.45, 7) is 3.35. The number of hydrogen-bond donors (Lipinski definition) is 3. The number of benzene rings is 1. The first kappa shape index (κ1) is 17.1. The van der Waals surface area contributed by atoms with Crippen molar-refractivity contribution in [2.75, 3.05) is 17.2 Å². The zero-order chi connectivity index (χ0) is 18.0. The first-order valence-electron chi connectivity index (χ1n) is 7.66. The van der Waals surface area contributed by atoms with E-state index in [0.717, 1.165) is 5.69 Å². The van der Waals surface area contributed by atoms with Gasteiger partial charge in [0, 0.05) is 16.8 Å². The predicted molar refractivity (Wildman–Crippen MR) is 96.2 cm³/mol. The Labute approximate surface area is 148 Å². The summed E-state index contributed by atoms with van der Waals surface area (Å²) in [7, 11) is 0. The quantitative estimate of drug-likeness (QED) is 0.646. The molecule has 0 aliphatic carbocycles. The summed E-state index contributed by atoms with van der Waals surface area (Å²) in [6, 6.07) is 7.29. The van der Waals surface area contributed by atoms with Crippen molar-refractivity contribution >= 4 is 46.1 Å². The van der Waals surface area contributed by atoms with Crippen LogP contribution in [0.5, 0.6) is 0 Å². The Morgan fingerprint density at radius 3 is 2.84 bits per heavy atom. The fraction of sp³-hybridized carbons (Fsp3) is 0.250. The van der Waals surface area contributed by atoms with Gasteiger partial charge in [-0.15, -0.1) is 0 Å². The van der Waals surface area contributed by atoms with Crippen LogP contribution in [0.2, 0.25) is 5.02 Å². The highest BCUT2D eigenvalue weighted by atomic mass is 35.5. The number of nitrogens with zero attached hydrogens (tertiary/aromatic N) is 4. The molecular weight excluding hydrogens is 344 g/mol. The number of nitrogens with one attached hydrogen (secondary N) is 2. The normalized spacial score (nSPS) is 11.1. The highest BCUT2D eigenvalue weighted by Crippen LogP contribution is 2.27. The lowest BCUT2D eigenvalue weighted by Crippen LogP contribution is -2.18. The van der Waals surface area contributed by atoms with E-state index in [4.69, 9.17) is 16.7 Å². The van der Waals surface area contributed by atoms with Gasteiger partial charge in [-0.1, -0.05) is 17.7 Å². The average Bonchev–Trinajstić information content (AvgIpc) is 2.99. The first-order chi connectivity index (χ1) is 12.0. The third-order valence-electron chi connectivity index (χ3n) is 3.46. The van der Waals surface area contributed by atoms with Gasteiger partial charge in [-0.25, -0.2) is 4.98 Å². The van der Waals surface area contributed by atoms with Gasteiger partial charge in [0.25, 0.3) is 5.91 Å². The predicted octanol–water partition coefficient (Wildman–Crippen LogP) is 2.74. The number of rotatable bonds is 5. The van der Waals surface area contributed by atoms with Gasteiger partial charge in [0.2, 0.25) is 5.95 Å². The molecule has 0 unspecified atom stereocenters. The number of anilines is 3. The zero-order valence-corrected chi connectivity index (χ0v) is 14.4. The standard InChI is InChI=1S/C16H17ClN6O2/c1-9(2)23-8-18-13-14(19-11-5-3-4-10(17)6-11)21-16(22-15(13)23)20-12(25)7-24/h3-6,8-9,24H,7H2,1-2H3,(H2,19,20,21,22,25). The van der Waals surface area contributed by atoms with Crippen molar-refractivity contribution in [3.05, 3.63) is 35.6 Å². The molecule has 9 heteroatoms. The third kappa shape index (κ3) is 3.70. The van der Waals surface area contributed by atoms with E-state index in [0.29, 0.717) is 22.0 Å². The van der Waals surface area contributed by atoms with Crippen LogP contribution in [0.4, 0.5) is 17.5 Å². The SMILES string of the molecule is CC(C)n1cnc2c(Nc3cccc(Cl)c3)nc(NC(=O)CO)nc21. The van der Waals surface area contributed by atoms with E-state index < -0.39 is 12.5 Å². The Hall–Kier alpha value is -2.71. The molecule has 2 heterocycles. The molecule has 2 aromatic heterocycles. The number of aliphatic hydroxyl groups excluding tert-OH is 1. The van der Waals surface area contributed by atoms with Crippen molar-refractivity contribution in [2.24, 2.45) is 0 Å². The molecule has 1 aromatic carbocycles. The maximum atomic E-state index is 11.5. The van der Waals surface area contributed by atoms with Crippen molar-refractivity contribution < 1.29 is 9.90 Å². The maximum Gasteiger partial charge on any atom is 0.252 e. The van der Waals surface area contributed by atoms with Crippen LogP contribution in [0, 0.1) is 0 Å². The molecule has 0 radical (unpaired) electrons. The number of amides is 1. The molecule has 25 heavy (non-hydrogen) atoms. The Kier molecular flexibility index (Phi) is 4.82. The van der Waals surface area contributed by atoms with E-state index >= 15 is 0 Å². The summed E-state index contributed by atoms with van der Waals surface area (Å²) in [4.78, 5) is 24.5. The Morgan fingerprint density at radius 1 is 1.36 bits per heavy atom. The first-order valence-corrected chi connectivity index (χ1v) is 8.03. The van der Waals surface area contributed by atoms with E-state index in [1.54, 1.807) is 18.5 Å². The van der Waals surface area contributed by atoms with Gasteiger partial charge in [0.05, 0.1) is 6.33 Å². The molecular formula is C16H17ClN6O2. The monoisotopic (exact) mass is 360 g/mol. The fourth-order valence-electron chi connectivity index (χ4n) is 2.30. The van der Waals surface area contributed by atoms with E-state index in [1.807, 2.05) is 30.5 Å². The van der Waals surface area contributed by atoms with Crippen molar-refractivity contribution in [1.29, 1.82) is 0 Å². The highest BCUT2D eigenvalue weighted by molar-refractivity contribution is 6.30. The van der Waals surface area contributed by atoms with Crippen LogP contribution in [-0.2, 0) is 4.79 Å². The number of hydrogen-bond acceptors (Lipinski definition) is 6. The molecule has 3 aromatic rings. The largest absolute Gasteiger partial charge is 0.387 e. The molecule has 1 amide bonds. The molecule has 0 aliphatic heterocycles. The molecule has 0 aliphatic rings. The second-order valence-electron chi connectivity index (χ2n) is 5.66. The minimum Gasteiger partial charge on any atom is -0.387 e. The van der Waals surface area contributed by atoms with Gasteiger partial charge in [-0.05, 0) is 32.0 Å². The molecule has 0 saturated carbocycles. The molecule has 130 valence electrons. The number of fused-ring (bicyclic) bond motifs is 1. The van der Waals surface area contributed by atoms with E-state index in [1.165, 1.54) is 0 Å². The summed E-state index contributed by atoms with van der Waals surface area (Å²) < 4.78 is 1.87. The van der Waals surface area contributed by atoms with Crippen molar-refractivity contribution in [1.82, 2.24) is 19.5 Å². The number of halogens is 1. The Balaban J connectivity index is 2.09. The van der Waals surface area contributed by atoms with E-state index in [9.17, 15) is 4.79 Å². The molecule has 0 bridgehead atoms. The van der Waals surface area contributed by atoms with Crippen LogP contribution in [0.1, 0.15) is 19.9 Å². The molecule has 8 nitrogen and oxygen atoms in total. The number of aliphatic hydroxyl groups is 1. The van der Waals surface area contributed by atoms with Crippen LogP contribution in [0.15, 0.2) is 30.6 Å². The van der Waals surface area contributed by atoms with Crippen LogP contribution >= 0.6 is 11.6 Å². The van der Waals surface area contributed by atoms with Gasteiger partial charge in [0.15, 0.2) is 17.0 Å². The van der Waals surface area contributed by atoms with Crippen LogP contribution < -0.4 is 10.6 Å². The molecule has 0 saturated heterocycles. The summed E-state index contributed by atoms with van der Waals surface area (Å²) >= 11 is 6.02. The van der Waals surface area contributed by atoms with Crippen molar-refractivity contribution in [2.45, 2.75) is 19.9 Å². The number of imidazole rings is 1. The van der Waals surface area contributed by atoms with Gasteiger partial charge < -0.3 is 15.0 Å². The molecule has 3 rings (SSSR count). The van der Waals surface area contributed by atoms with Gasteiger partial charge >= 0.3 is 0 Å².